The summed E-state index contributed by atoms with van der Waals surface area (Å²) in [4.78, 5) is 11.1. The standard InChI is InChI=1S/C17H18O2/c1-17(2,3)13-10-8-12(9-11-13)14-6-4-5-7-15(14)16(18)19/h4-11H,1-3H3,(H,18,19)/p-1. The maximum Gasteiger partial charge on any atom is 0.0721 e. The van der Waals surface area contributed by atoms with Gasteiger partial charge in [0.1, 0.15) is 0 Å². The van der Waals surface area contributed by atoms with Crippen LogP contribution < -0.4 is 5.11 Å². The molecule has 0 fully saturated rings. The Labute approximate surface area is 113 Å². The second-order valence-corrected chi connectivity index (χ2v) is 5.66. The van der Waals surface area contributed by atoms with Crippen LogP contribution in [0, 0.1) is 0 Å². The van der Waals surface area contributed by atoms with Crippen molar-refractivity contribution in [3.8, 4) is 11.1 Å². The van der Waals surface area contributed by atoms with E-state index in [1.807, 2.05) is 30.3 Å². The number of carbonyl (C=O) groups excluding carboxylic acids is 1. The van der Waals surface area contributed by atoms with Gasteiger partial charge in [0.05, 0.1) is 5.97 Å². The zero-order valence-corrected chi connectivity index (χ0v) is 11.4. The SMILES string of the molecule is CC(C)(C)c1ccc(-c2ccccc2C(=O)[O-])cc1. The molecule has 0 N–H and O–H groups in total. The van der Waals surface area contributed by atoms with Gasteiger partial charge in [-0.15, -0.1) is 0 Å². The average molecular weight is 253 g/mol. The van der Waals surface area contributed by atoms with Gasteiger partial charge < -0.3 is 9.90 Å². The number of benzene rings is 2. The third-order valence-corrected chi connectivity index (χ3v) is 3.21. The predicted octanol–water partition coefficient (Wildman–Crippen LogP) is 3.01. The van der Waals surface area contributed by atoms with Crippen LogP contribution in [0.2, 0.25) is 0 Å². The van der Waals surface area contributed by atoms with E-state index in [0.29, 0.717) is 5.56 Å². The molecule has 2 aromatic carbocycles. The van der Waals surface area contributed by atoms with Gasteiger partial charge in [0, 0.05) is 5.56 Å². The highest BCUT2D eigenvalue weighted by atomic mass is 16.4. The molecule has 0 atom stereocenters. The fourth-order valence-corrected chi connectivity index (χ4v) is 2.06. The fourth-order valence-electron chi connectivity index (χ4n) is 2.06. The molecule has 2 heteroatoms. The van der Waals surface area contributed by atoms with Crippen LogP contribution in [-0.4, -0.2) is 5.97 Å². The number of carbonyl (C=O) groups is 1. The lowest BCUT2D eigenvalue weighted by Crippen LogP contribution is -2.22. The molecule has 2 rings (SSSR count). The first-order valence-corrected chi connectivity index (χ1v) is 6.31. The molecular formula is C17H17O2-. The molecule has 0 saturated heterocycles. The molecule has 0 aliphatic rings. The third-order valence-electron chi connectivity index (χ3n) is 3.21. The van der Waals surface area contributed by atoms with Crippen molar-refractivity contribution in [2.45, 2.75) is 26.2 Å². The van der Waals surface area contributed by atoms with Crippen LogP contribution in [-0.2, 0) is 5.41 Å². The number of aromatic carboxylic acids is 1. The molecule has 0 amide bonds. The van der Waals surface area contributed by atoms with Crippen molar-refractivity contribution in [3.63, 3.8) is 0 Å². The lowest BCUT2D eigenvalue weighted by molar-refractivity contribution is -0.254. The fraction of sp³-hybridized carbons (Fsp3) is 0.235. The normalized spacial score (nSPS) is 11.3. The van der Waals surface area contributed by atoms with E-state index in [9.17, 15) is 9.90 Å². The van der Waals surface area contributed by atoms with E-state index in [1.165, 1.54) is 5.56 Å². The van der Waals surface area contributed by atoms with Gasteiger partial charge in [-0.1, -0.05) is 69.3 Å². The molecule has 0 spiro atoms. The van der Waals surface area contributed by atoms with E-state index >= 15 is 0 Å². The summed E-state index contributed by atoms with van der Waals surface area (Å²) in [6, 6.07) is 14.9. The van der Waals surface area contributed by atoms with Crippen molar-refractivity contribution in [1.82, 2.24) is 0 Å². The average Bonchev–Trinajstić information content (AvgIpc) is 2.38. The van der Waals surface area contributed by atoms with Crippen molar-refractivity contribution in [2.24, 2.45) is 0 Å². The summed E-state index contributed by atoms with van der Waals surface area (Å²) in [5.41, 5.74) is 3.14. The number of hydrogen-bond acceptors (Lipinski definition) is 2. The first-order chi connectivity index (χ1) is 8.89. The van der Waals surface area contributed by atoms with Gasteiger partial charge >= 0.3 is 0 Å². The highest BCUT2D eigenvalue weighted by Gasteiger charge is 2.13. The van der Waals surface area contributed by atoms with E-state index in [4.69, 9.17) is 0 Å². The molecule has 0 aromatic heterocycles. The van der Waals surface area contributed by atoms with Crippen molar-refractivity contribution in [1.29, 1.82) is 0 Å². The zero-order valence-electron chi connectivity index (χ0n) is 11.4. The molecule has 0 radical (unpaired) electrons. The van der Waals surface area contributed by atoms with Gasteiger partial charge in [-0.05, 0) is 22.1 Å². The summed E-state index contributed by atoms with van der Waals surface area (Å²) in [6.07, 6.45) is 0. The van der Waals surface area contributed by atoms with E-state index in [1.54, 1.807) is 18.2 Å². The Morgan fingerprint density at radius 2 is 1.53 bits per heavy atom. The Bertz CT molecular complexity index is 589. The van der Waals surface area contributed by atoms with Crippen molar-refractivity contribution in [3.05, 3.63) is 59.7 Å². The van der Waals surface area contributed by atoms with E-state index < -0.39 is 5.97 Å². The molecule has 2 aromatic rings. The Morgan fingerprint density at radius 1 is 0.947 bits per heavy atom. The second kappa shape index (κ2) is 4.88. The monoisotopic (exact) mass is 253 g/mol. The lowest BCUT2D eigenvalue weighted by Gasteiger charge is -2.19. The Kier molecular flexibility index (Phi) is 3.43. The molecular weight excluding hydrogens is 236 g/mol. The van der Waals surface area contributed by atoms with Crippen LogP contribution in [0.1, 0.15) is 36.7 Å². The van der Waals surface area contributed by atoms with Crippen molar-refractivity contribution >= 4 is 5.97 Å². The summed E-state index contributed by atoms with van der Waals surface area (Å²) in [5, 5.41) is 11.1. The van der Waals surface area contributed by atoms with E-state index in [2.05, 4.69) is 20.8 Å². The van der Waals surface area contributed by atoms with E-state index in [0.717, 1.165) is 5.56 Å². The first-order valence-electron chi connectivity index (χ1n) is 6.31. The lowest BCUT2D eigenvalue weighted by atomic mass is 9.86. The minimum absolute atomic E-state index is 0.0897. The summed E-state index contributed by atoms with van der Waals surface area (Å²) < 4.78 is 0. The third kappa shape index (κ3) is 2.84. The molecule has 0 saturated carbocycles. The van der Waals surface area contributed by atoms with Crippen LogP contribution in [0.15, 0.2) is 48.5 Å². The Morgan fingerprint density at radius 3 is 2.05 bits per heavy atom. The van der Waals surface area contributed by atoms with Crippen LogP contribution in [0.5, 0.6) is 0 Å². The van der Waals surface area contributed by atoms with Gasteiger partial charge in [0.25, 0.3) is 0 Å². The van der Waals surface area contributed by atoms with Crippen LogP contribution in [0.3, 0.4) is 0 Å². The number of carboxylic acid groups (broad SMARTS) is 1. The van der Waals surface area contributed by atoms with Crippen molar-refractivity contribution < 1.29 is 9.90 Å². The van der Waals surface area contributed by atoms with Crippen LogP contribution in [0.25, 0.3) is 11.1 Å². The van der Waals surface area contributed by atoms with Crippen molar-refractivity contribution in [2.75, 3.05) is 0 Å². The predicted molar refractivity (Wildman–Crippen MR) is 74.9 cm³/mol. The molecule has 0 aliphatic heterocycles. The number of rotatable bonds is 2. The summed E-state index contributed by atoms with van der Waals surface area (Å²) in [5.74, 6) is -1.14. The minimum atomic E-state index is -1.14. The molecule has 0 unspecified atom stereocenters. The zero-order chi connectivity index (χ0) is 14.0. The smallest absolute Gasteiger partial charge is 0.0721 e. The second-order valence-electron chi connectivity index (χ2n) is 5.66. The van der Waals surface area contributed by atoms with Gasteiger partial charge in [-0.25, -0.2) is 0 Å². The molecule has 0 heterocycles. The highest BCUT2D eigenvalue weighted by Crippen LogP contribution is 2.27. The Balaban J connectivity index is 2.46. The topological polar surface area (TPSA) is 40.1 Å². The Hall–Kier alpha value is -2.09. The highest BCUT2D eigenvalue weighted by molar-refractivity contribution is 5.94. The molecule has 0 bridgehead atoms. The van der Waals surface area contributed by atoms with E-state index in [-0.39, 0.29) is 11.0 Å². The number of carboxylic acids is 1. The molecule has 19 heavy (non-hydrogen) atoms. The van der Waals surface area contributed by atoms with Crippen LogP contribution >= 0.6 is 0 Å². The molecule has 0 aliphatic carbocycles. The van der Waals surface area contributed by atoms with Gasteiger partial charge in [0.15, 0.2) is 0 Å². The maximum atomic E-state index is 11.1. The van der Waals surface area contributed by atoms with Gasteiger partial charge in [-0.2, -0.15) is 0 Å². The summed E-state index contributed by atoms with van der Waals surface area (Å²) in [6.45, 7) is 6.45. The van der Waals surface area contributed by atoms with Crippen LogP contribution in [0.4, 0.5) is 0 Å². The first kappa shape index (κ1) is 13.3. The quantitative estimate of drug-likeness (QED) is 0.825. The number of hydrogen-bond donors (Lipinski definition) is 0. The van der Waals surface area contributed by atoms with Gasteiger partial charge in [-0.3, -0.25) is 0 Å². The summed E-state index contributed by atoms with van der Waals surface area (Å²) >= 11 is 0. The summed E-state index contributed by atoms with van der Waals surface area (Å²) in [7, 11) is 0. The maximum absolute atomic E-state index is 11.1. The minimum Gasteiger partial charge on any atom is -0.545 e. The molecule has 98 valence electrons. The molecule has 2 nitrogen and oxygen atoms in total. The van der Waals surface area contributed by atoms with Gasteiger partial charge in [0.2, 0.25) is 0 Å². The largest absolute Gasteiger partial charge is 0.545 e.